The van der Waals surface area contributed by atoms with Crippen molar-refractivity contribution in [1.29, 1.82) is 0 Å². The molecule has 1 N–H and O–H groups in total. The zero-order valence-electron chi connectivity index (χ0n) is 10.1. The molecule has 0 unspecified atom stereocenters. The lowest BCUT2D eigenvalue weighted by molar-refractivity contribution is -0.143. The van der Waals surface area contributed by atoms with Gasteiger partial charge in [0.1, 0.15) is 11.2 Å². The molecule has 0 amide bonds. The number of rotatable bonds is 4. The van der Waals surface area contributed by atoms with Gasteiger partial charge in [0.15, 0.2) is 0 Å². The molecule has 4 heteroatoms. The molecule has 16 heavy (non-hydrogen) atoms. The predicted molar refractivity (Wildman–Crippen MR) is 60.2 cm³/mol. The average molecular weight is 222 g/mol. The number of esters is 1. The van der Waals surface area contributed by atoms with Gasteiger partial charge in [-0.05, 0) is 26.2 Å². The van der Waals surface area contributed by atoms with Gasteiger partial charge in [-0.2, -0.15) is 0 Å². The molecule has 0 radical (unpaired) electrons. The SMILES string of the molecule is CCCc1nc(C2(C(=O)OC)CC2)[nH]c1C. The highest BCUT2D eigenvalue weighted by Crippen LogP contribution is 2.48. The fourth-order valence-electron chi connectivity index (χ4n) is 2.06. The predicted octanol–water partition coefficient (Wildman–Crippen LogP) is 1.88. The highest BCUT2D eigenvalue weighted by Gasteiger charge is 2.55. The first-order valence-corrected chi connectivity index (χ1v) is 5.78. The second kappa shape index (κ2) is 3.92. The topological polar surface area (TPSA) is 55.0 Å². The molecule has 1 fully saturated rings. The van der Waals surface area contributed by atoms with E-state index in [1.165, 1.54) is 7.11 Å². The summed E-state index contributed by atoms with van der Waals surface area (Å²) in [5.41, 5.74) is 1.69. The second-order valence-corrected chi connectivity index (χ2v) is 4.48. The molecule has 1 saturated carbocycles. The van der Waals surface area contributed by atoms with E-state index in [4.69, 9.17) is 4.74 Å². The Hall–Kier alpha value is -1.32. The minimum absolute atomic E-state index is 0.163. The lowest BCUT2D eigenvalue weighted by Gasteiger charge is -2.08. The maximum absolute atomic E-state index is 11.7. The van der Waals surface area contributed by atoms with Crippen LogP contribution in [-0.4, -0.2) is 23.0 Å². The summed E-state index contributed by atoms with van der Waals surface area (Å²) < 4.78 is 4.84. The maximum Gasteiger partial charge on any atom is 0.319 e. The van der Waals surface area contributed by atoms with Crippen LogP contribution in [0.25, 0.3) is 0 Å². The zero-order chi connectivity index (χ0) is 11.8. The van der Waals surface area contributed by atoms with Gasteiger partial charge in [0, 0.05) is 5.69 Å². The molecule has 2 rings (SSSR count). The number of carbonyl (C=O) groups is 1. The van der Waals surface area contributed by atoms with Crippen LogP contribution in [-0.2, 0) is 21.4 Å². The van der Waals surface area contributed by atoms with Crippen molar-refractivity contribution >= 4 is 5.97 Å². The Morgan fingerprint density at radius 2 is 2.25 bits per heavy atom. The number of aromatic nitrogens is 2. The van der Waals surface area contributed by atoms with Gasteiger partial charge in [0.05, 0.1) is 12.8 Å². The van der Waals surface area contributed by atoms with Gasteiger partial charge in [-0.25, -0.2) is 4.98 Å². The number of ether oxygens (including phenoxy) is 1. The van der Waals surface area contributed by atoms with E-state index < -0.39 is 5.41 Å². The van der Waals surface area contributed by atoms with Crippen LogP contribution in [0.1, 0.15) is 43.4 Å². The summed E-state index contributed by atoms with van der Waals surface area (Å²) in [4.78, 5) is 19.5. The summed E-state index contributed by atoms with van der Waals surface area (Å²) in [5.74, 6) is 0.629. The molecule has 0 saturated heterocycles. The molecule has 0 bridgehead atoms. The highest BCUT2D eigenvalue weighted by molar-refractivity contribution is 5.85. The third-order valence-electron chi connectivity index (χ3n) is 3.25. The average Bonchev–Trinajstić information content (AvgIpc) is 3.00. The highest BCUT2D eigenvalue weighted by atomic mass is 16.5. The van der Waals surface area contributed by atoms with E-state index in [9.17, 15) is 4.79 Å². The summed E-state index contributed by atoms with van der Waals surface area (Å²) in [7, 11) is 1.44. The van der Waals surface area contributed by atoms with Crippen LogP contribution in [0.5, 0.6) is 0 Å². The van der Waals surface area contributed by atoms with Crippen LogP contribution >= 0.6 is 0 Å². The number of carbonyl (C=O) groups excluding carboxylic acids is 1. The van der Waals surface area contributed by atoms with Crippen molar-refractivity contribution < 1.29 is 9.53 Å². The van der Waals surface area contributed by atoms with E-state index in [1.54, 1.807) is 0 Å². The minimum Gasteiger partial charge on any atom is -0.468 e. The lowest BCUT2D eigenvalue weighted by atomic mass is 10.1. The van der Waals surface area contributed by atoms with Crippen LogP contribution in [0.2, 0.25) is 0 Å². The van der Waals surface area contributed by atoms with Crippen molar-refractivity contribution in [3.8, 4) is 0 Å². The van der Waals surface area contributed by atoms with Crippen molar-refractivity contribution in [1.82, 2.24) is 9.97 Å². The Bertz CT molecular complexity index is 405. The molecule has 0 atom stereocenters. The van der Waals surface area contributed by atoms with Crippen molar-refractivity contribution in [3.05, 3.63) is 17.2 Å². The number of hydrogen-bond donors (Lipinski definition) is 1. The first-order valence-electron chi connectivity index (χ1n) is 5.78. The number of methoxy groups -OCH3 is 1. The van der Waals surface area contributed by atoms with Crippen molar-refractivity contribution in [3.63, 3.8) is 0 Å². The molecule has 0 aromatic carbocycles. The maximum atomic E-state index is 11.7. The number of aromatic amines is 1. The van der Waals surface area contributed by atoms with E-state index in [0.29, 0.717) is 0 Å². The van der Waals surface area contributed by atoms with Gasteiger partial charge in [-0.15, -0.1) is 0 Å². The Balaban J connectivity index is 2.28. The van der Waals surface area contributed by atoms with Crippen LogP contribution in [0.4, 0.5) is 0 Å². The number of imidazole rings is 1. The quantitative estimate of drug-likeness (QED) is 0.791. The Morgan fingerprint density at radius 3 is 2.75 bits per heavy atom. The van der Waals surface area contributed by atoms with Crippen LogP contribution in [0.15, 0.2) is 0 Å². The Morgan fingerprint density at radius 1 is 1.56 bits per heavy atom. The Labute approximate surface area is 95.4 Å². The molecule has 0 aliphatic heterocycles. The first-order chi connectivity index (χ1) is 7.64. The fourth-order valence-corrected chi connectivity index (χ4v) is 2.06. The molecule has 1 heterocycles. The van der Waals surface area contributed by atoms with E-state index in [1.807, 2.05) is 6.92 Å². The summed E-state index contributed by atoms with van der Waals surface area (Å²) >= 11 is 0. The third kappa shape index (κ3) is 1.62. The van der Waals surface area contributed by atoms with Crippen molar-refractivity contribution in [2.45, 2.75) is 44.9 Å². The van der Waals surface area contributed by atoms with Gasteiger partial charge in [-0.1, -0.05) is 13.3 Å². The fraction of sp³-hybridized carbons (Fsp3) is 0.667. The summed E-state index contributed by atoms with van der Waals surface area (Å²) in [5, 5.41) is 0. The lowest BCUT2D eigenvalue weighted by Crippen LogP contribution is -2.23. The second-order valence-electron chi connectivity index (χ2n) is 4.48. The molecule has 1 aromatic rings. The number of H-pyrrole nitrogens is 1. The number of aryl methyl sites for hydroxylation is 2. The molecule has 1 aliphatic rings. The summed E-state index contributed by atoms with van der Waals surface area (Å²) in [6, 6.07) is 0. The van der Waals surface area contributed by atoms with E-state index >= 15 is 0 Å². The van der Waals surface area contributed by atoms with Gasteiger partial charge >= 0.3 is 5.97 Å². The standard InChI is InChI=1S/C12H18N2O2/c1-4-5-9-8(2)13-10(14-9)12(6-7-12)11(15)16-3/h4-7H2,1-3H3,(H,13,14). The van der Waals surface area contributed by atoms with Crippen LogP contribution in [0.3, 0.4) is 0 Å². The molecule has 4 nitrogen and oxygen atoms in total. The van der Waals surface area contributed by atoms with E-state index in [2.05, 4.69) is 16.9 Å². The Kier molecular flexibility index (Phi) is 2.74. The molecule has 88 valence electrons. The monoisotopic (exact) mass is 222 g/mol. The minimum atomic E-state index is -0.467. The van der Waals surface area contributed by atoms with Gasteiger partial charge in [0.2, 0.25) is 0 Å². The number of hydrogen-bond acceptors (Lipinski definition) is 3. The van der Waals surface area contributed by atoms with Gasteiger partial charge in [0.25, 0.3) is 0 Å². The smallest absolute Gasteiger partial charge is 0.319 e. The first kappa shape index (κ1) is 11.2. The largest absolute Gasteiger partial charge is 0.468 e. The van der Waals surface area contributed by atoms with Gasteiger partial charge < -0.3 is 9.72 Å². The zero-order valence-corrected chi connectivity index (χ0v) is 10.1. The molecule has 0 spiro atoms. The van der Waals surface area contributed by atoms with Crippen molar-refractivity contribution in [2.24, 2.45) is 0 Å². The van der Waals surface area contributed by atoms with Gasteiger partial charge in [-0.3, -0.25) is 4.79 Å². The molecular formula is C12H18N2O2. The summed E-state index contributed by atoms with van der Waals surface area (Å²) in [6.07, 6.45) is 3.71. The third-order valence-corrected chi connectivity index (χ3v) is 3.25. The van der Waals surface area contributed by atoms with Crippen molar-refractivity contribution in [2.75, 3.05) is 7.11 Å². The summed E-state index contributed by atoms with van der Waals surface area (Å²) in [6.45, 7) is 4.13. The normalized spacial score (nSPS) is 17.2. The molecule has 1 aliphatic carbocycles. The van der Waals surface area contributed by atoms with E-state index in [0.717, 1.165) is 42.9 Å². The van der Waals surface area contributed by atoms with Crippen LogP contribution in [0, 0.1) is 6.92 Å². The number of nitrogens with zero attached hydrogens (tertiary/aromatic N) is 1. The van der Waals surface area contributed by atoms with E-state index in [-0.39, 0.29) is 5.97 Å². The molecular weight excluding hydrogens is 204 g/mol. The number of nitrogens with one attached hydrogen (secondary N) is 1. The van der Waals surface area contributed by atoms with Crippen LogP contribution < -0.4 is 0 Å². The molecule has 1 aromatic heterocycles.